The third kappa shape index (κ3) is 5.83. The number of nitrogens with zero attached hydrogens (tertiary/aromatic N) is 2. The van der Waals surface area contributed by atoms with Crippen LogP contribution in [0, 0.1) is 0 Å². The maximum atomic E-state index is 12.6. The Bertz CT molecular complexity index is 1500. The molecule has 4 nitrogen and oxygen atoms in total. The summed E-state index contributed by atoms with van der Waals surface area (Å²) in [6.45, 7) is 2.33. The van der Waals surface area contributed by atoms with E-state index >= 15 is 0 Å². The third-order valence-electron chi connectivity index (χ3n) is 7.88. The van der Waals surface area contributed by atoms with Crippen molar-refractivity contribution in [1.82, 2.24) is 15.1 Å². The van der Waals surface area contributed by atoms with Crippen LogP contribution in [0.1, 0.15) is 47.9 Å². The van der Waals surface area contributed by atoms with Crippen molar-refractivity contribution in [2.24, 2.45) is 0 Å². The number of fused-ring (bicyclic) bond motifs is 1. The molecule has 1 fully saturated rings. The van der Waals surface area contributed by atoms with Gasteiger partial charge in [-0.15, -0.1) is 0 Å². The molecule has 0 unspecified atom stereocenters. The molecule has 2 heterocycles. The molecule has 0 bridgehead atoms. The molecule has 4 aromatic rings. The van der Waals surface area contributed by atoms with E-state index in [1.165, 1.54) is 22.3 Å². The number of aromatic nitrogens is 2. The predicted octanol–water partition coefficient (Wildman–Crippen LogP) is 8.49. The fourth-order valence-electron chi connectivity index (χ4n) is 5.97. The predicted molar refractivity (Wildman–Crippen MR) is 162 cm³/mol. The van der Waals surface area contributed by atoms with Crippen LogP contribution >= 0.6 is 23.2 Å². The third-order valence-corrected chi connectivity index (χ3v) is 8.43. The summed E-state index contributed by atoms with van der Waals surface area (Å²) < 4.78 is 18.9. The minimum Gasteiger partial charge on any atom is -0.489 e. The molecule has 1 saturated heterocycles. The molecule has 0 saturated carbocycles. The zero-order valence-corrected chi connectivity index (χ0v) is 23.8. The van der Waals surface area contributed by atoms with Gasteiger partial charge in [0.15, 0.2) is 0 Å². The number of allylic oxidation sites excluding steroid dienone is 1. The first-order valence-corrected chi connectivity index (χ1v) is 14.7. The van der Waals surface area contributed by atoms with Crippen molar-refractivity contribution in [2.75, 3.05) is 26.3 Å². The van der Waals surface area contributed by atoms with Crippen molar-refractivity contribution in [3.05, 3.63) is 105 Å². The summed E-state index contributed by atoms with van der Waals surface area (Å²) in [7, 11) is 0. The number of aryl methyl sites for hydroxylation is 1. The van der Waals surface area contributed by atoms with Crippen LogP contribution in [-0.4, -0.2) is 47.5 Å². The topological polar surface area (TPSA) is 41.1 Å². The van der Waals surface area contributed by atoms with Gasteiger partial charge in [-0.3, -0.25) is 14.4 Å². The highest BCUT2D eigenvalue weighted by atomic mass is 35.5. The lowest BCUT2D eigenvalue weighted by molar-refractivity contribution is 0.198. The second-order valence-electron chi connectivity index (χ2n) is 10.6. The van der Waals surface area contributed by atoms with Crippen LogP contribution in [0.5, 0.6) is 5.75 Å². The van der Waals surface area contributed by atoms with E-state index < -0.39 is 0 Å². The quantitative estimate of drug-likeness (QED) is 0.229. The van der Waals surface area contributed by atoms with E-state index in [-0.39, 0.29) is 12.8 Å². The van der Waals surface area contributed by atoms with Crippen LogP contribution in [0.2, 0.25) is 10.0 Å². The molecule has 1 aliphatic heterocycles. The van der Waals surface area contributed by atoms with Crippen LogP contribution in [0.15, 0.2) is 72.9 Å². The lowest BCUT2D eigenvalue weighted by atomic mass is 9.87. The maximum absolute atomic E-state index is 12.6. The molecular formula is C33H32Cl2FN3O. The van der Waals surface area contributed by atoms with E-state index in [9.17, 15) is 4.39 Å². The second-order valence-corrected chi connectivity index (χ2v) is 11.4. The van der Waals surface area contributed by atoms with Crippen molar-refractivity contribution < 1.29 is 9.13 Å². The average molecular weight is 577 g/mol. The Balaban J connectivity index is 1.36. The molecule has 2 aliphatic rings. The Labute approximate surface area is 244 Å². The van der Waals surface area contributed by atoms with Gasteiger partial charge in [-0.2, -0.15) is 5.10 Å². The fraction of sp³-hybridized carbons (Fsp3) is 0.303. The van der Waals surface area contributed by atoms with Gasteiger partial charge >= 0.3 is 0 Å². The van der Waals surface area contributed by atoms with Gasteiger partial charge in [-0.1, -0.05) is 53.5 Å². The van der Waals surface area contributed by atoms with Crippen molar-refractivity contribution in [3.8, 4) is 17.0 Å². The zero-order chi connectivity index (χ0) is 27.5. The van der Waals surface area contributed by atoms with E-state index in [0.717, 1.165) is 73.5 Å². The Morgan fingerprint density at radius 2 is 1.77 bits per heavy atom. The van der Waals surface area contributed by atoms with E-state index in [2.05, 4.69) is 57.6 Å². The van der Waals surface area contributed by atoms with Crippen molar-refractivity contribution in [2.45, 2.75) is 38.2 Å². The molecule has 0 spiro atoms. The maximum Gasteiger partial charge on any atom is 0.119 e. The molecule has 3 aromatic carbocycles. The summed E-state index contributed by atoms with van der Waals surface area (Å²) in [6, 6.07) is 22.8. The molecule has 0 radical (unpaired) electrons. The van der Waals surface area contributed by atoms with Gasteiger partial charge in [0.2, 0.25) is 0 Å². The Morgan fingerprint density at radius 3 is 2.55 bits per heavy atom. The van der Waals surface area contributed by atoms with Crippen molar-refractivity contribution >= 4 is 34.3 Å². The monoisotopic (exact) mass is 575 g/mol. The van der Waals surface area contributed by atoms with Crippen molar-refractivity contribution in [3.63, 3.8) is 0 Å². The number of rotatable bonds is 8. The highest BCUT2D eigenvalue weighted by Crippen LogP contribution is 2.43. The first kappa shape index (κ1) is 27.1. The van der Waals surface area contributed by atoms with E-state index in [1.807, 2.05) is 30.5 Å². The number of aromatic amines is 1. The second kappa shape index (κ2) is 12.2. The molecule has 1 N–H and O–H groups in total. The summed E-state index contributed by atoms with van der Waals surface area (Å²) >= 11 is 13.0. The molecule has 0 amide bonds. The number of hydrogen-bond donors (Lipinski definition) is 1. The van der Waals surface area contributed by atoms with E-state index in [4.69, 9.17) is 27.9 Å². The van der Waals surface area contributed by atoms with Crippen LogP contribution in [-0.2, 0) is 6.42 Å². The van der Waals surface area contributed by atoms with Crippen LogP contribution in [0.25, 0.3) is 22.4 Å². The van der Waals surface area contributed by atoms with Gasteiger partial charge in [0.25, 0.3) is 0 Å². The standard InChI is InChI=1S/C33H32Cl2FN3O/c34-25-8-12-29(31(35)20-25)30-4-1-3-23-19-24(32-13-16-37-38-32)7-11-28(23)33(30)22-5-9-26(10-6-22)40-27-14-18-39(21-27)17-2-15-36/h5-13,16,19-20,27H,1-4,14-15,17-18,21H2,(H,37,38)/t27-/m0/s1. The zero-order valence-electron chi connectivity index (χ0n) is 22.3. The van der Waals surface area contributed by atoms with E-state index in [0.29, 0.717) is 16.5 Å². The number of likely N-dealkylation sites (tertiary alicyclic amines) is 1. The van der Waals surface area contributed by atoms with Gasteiger partial charge in [0, 0.05) is 41.4 Å². The van der Waals surface area contributed by atoms with Crippen LogP contribution in [0.3, 0.4) is 0 Å². The first-order valence-electron chi connectivity index (χ1n) is 14.0. The molecular weight excluding hydrogens is 544 g/mol. The largest absolute Gasteiger partial charge is 0.489 e. The van der Waals surface area contributed by atoms with Gasteiger partial charge in [-0.05, 0) is 102 Å². The lowest BCUT2D eigenvalue weighted by Crippen LogP contribution is -2.26. The molecule has 1 aromatic heterocycles. The van der Waals surface area contributed by atoms with Gasteiger partial charge in [-0.25, -0.2) is 0 Å². The smallest absolute Gasteiger partial charge is 0.119 e. The summed E-state index contributed by atoms with van der Waals surface area (Å²) in [5.74, 6) is 0.857. The molecule has 206 valence electrons. The summed E-state index contributed by atoms with van der Waals surface area (Å²) in [4.78, 5) is 2.28. The molecule has 1 aliphatic carbocycles. The SMILES string of the molecule is FCCCN1CC[C@H](Oc2ccc(C3=C(c4ccc(Cl)cc4Cl)CCCc4cc(-c5cc[nH]n5)ccc43)cc2)C1. The first-order chi connectivity index (χ1) is 19.6. The Morgan fingerprint density at radius 1 is 0.950 bits per heavy atom. The van der Waals surface area contributed by atoms with Gasteiger partial charge in [0.05, 0.1) is 12.4 Å². The minimum atomic E-state index is -0.268. The van der Waals surface area contributed by atoms with Gasteiger partial charge < -0.3 is 4.74 Å². The molecule has 7 heteroatoms. The number of ether oxygens (including phenoxy) is 1. The summed E-state index contributed by atoms with van der Waals surface area (Å²) in [5.41, 5.74) is 9.12. The lowest BCUT2D eigenvalue weighted by Gasteiger charge is -2.19. The highest BCUT2D eigenvalue weighted by Gasteiger charge is 2.25. The normalized spacial score (nSPS) is 17.6. The van der Waals surface area contributed by atoms with Gasteiger partial charge in [0.1, 0.15) is 11.9 Å². The number of hydrogen-bond acceptors (Lipinski definition) is 3. The van der Waals surface area contributed by atoms with Crippen molar-refractivity contribution in [1.29, 1.82) is 0 Å². The number of halogens is 3. The Hall–Kier alpha value is -3.12. The highest BCUT2D eigenvalue weighted by molar-refractivity contribution is 6.36. The van der Waals surface area contributed by atoms with Crippen LogP contribution < -0.4 is 4.74 Å². The Kier molecular flexibility index (Phi) is 8.24. The summed E-state index contributed by atoms with van der Waals surface area (Å²) in [6.07, 6.45) is 6.41. The molecule has 6 rings (SSSR count). The number of H-pyrrole nitrogens is 1. The summed E-state index contributed by atoms with van der Waals surface area (Å²) in [5, 5.41) is 8.60. The average Bonchev–Trinajstić information content (AvgIpc) is 3.62. The minimum absolute atomic E-state index is 0.132. The number of benzene rings is 3. The van der Waals surface area contributed by atoms with Crippen LogP contribution in [0.4, 0.5) is 4.39 Å². The fourth-order valence-corrected chi connectivity index (χ4v) is 6.50. The van der Waals surface area contributed by atoms with E-state index in [1.54, 1.807) is 0 Å². The number of alkyl halides is 1. The molecule has 1 atom stereocenters. The number of nitrogens with one attached hydrogen (secondary N) is 1. The molecule has 40 heavy (non-hydrogen) atoms.